The Bertz CT molecular complexity index is 682. The standard InChI is InChI=1S/C17H18N2O2/c1-12(20)19-8-7-14-10-15(5-6-17(14)19)18-11-13-3-2-4-16(21)9-13/h2-6,9-10,18,21H,7-8,11H2,1H3. The number of carbonyl (C=O) groups is 1. The van der Waals surface area contributed by atoms with Crippen LogP contribution in [0.25, 0.3) is 0 Å². The number of fused-ring (bicyclic) bond motifs is 1. The molecule has 0 aliphatic carbocycles. The lowest BCUT2D eigenvalue weighted by atomic mass is 10.1. The molecular formula is C17H18N2O2. The summed E-state index contributed by atoms with van der Waals surface area (Å²) in [5, 5.41) is 12.8. The fourth-order valence-electron chi connectivity index (χ4n) is 2.71. The minimum absolute atomic E-state index is 0.0919. The molecule has 1 aliphatic heterocycles. The van der Waals surface area contributed by atoms with Crippen LogP contribution >= 0.6 is 0 Å². The molecule has 108 valence electrons. The number of anilines is 2. The maximum Gasteiger partial charge on any atom is 0.223 e. The van der Waals surface area contributed by atoms with E-state index in [4.69, 9.17) is 0 Å². The average molecular weight is 282 g/mol. The number of hydrogen-bond donors (Lipinski definition) is 2. The molecule has 0 unspecified atom stereocenters. The second kappa shape index (κ2) is 5.48. The molecule has 1 aliphatic rings. The van der Waals surface area contributed by atoms with Gasteiger partial charge in [0.05, 0.1) is 0 Å². The van der Waals surface area contributed by atoms with Crippen molar-refractivity contribution in [1.82, 2.24) is 0 Å². The number of benzene rings is 2. The van der Waals surface area contributed by atoms with E-state index < -0.39 is 0 Å². The van der Waals surface area contributed by atoms with E-state index in [2.05, 4.69) is 11.4 Å². The van der Waals surface area contributed by atoms with Crippen molar-refractivity contribution in [1.29, 1.82) is 0 Å². The lowest BCUT2D eigenvalue weighted by molar-refractivity contribution is -0.116. The first-order valence-corrected chi connectivity index (χ1v) is 7.06. The van der Waals surface area contributed by atoms with E-state index >= 15 is 0 Å². The summed E-state index contributed by atoms with van der Waals surface area (Å²) in [6.45, 7) is 3.02. The Balaban J connectivity index is 1.72. The molecule has 1 amide bonds. The number of carbonyl (C=O) groups excluding carboxylic acids is 1. The molecule has 0 fully saturated rings. The summed E-state index contributed by atoms with van der Waals surface area (Å²) in [4.78, 5) is 13.3. The van der Waals surface area contributed by atoms with Crippen LogP contribution in [0.4, 0.5) is 11.4 Å². The van der Waals surface area contributed by atoms with Gasteiger partial charge in [0.1, 0.15) is 5.75 Å². The van der Waals surface area contributed by atoms with Gasteiger partial charge < -0.3 is 15.3 Å². The van der Waals surface area contributed by atoms with Crippen LogP contribution in [-0.2, 0) is 17.8 Å². The smallest absolute Gasteiger partial charge is 0.223 e. The van der Waals surface area contributed by atoms with Crippen molar-refractivity contribution in [2.75, 3.05) is 16.8 Å². The Hall–Kier alpha value is -2.49. The van der Waals surface area contributed by atoms with Gasteiger partial charge in [-0.05, 0) is 47.9 Å². The number of phenols is 1. The van der Waals surface area contributed by atoms with Gasteiger partial charge in [-0.15, -0.1) is 0 Å². The summed E-state index contributed by atoms with van der Waals surface area (Å²) in [6.07, 6.45) is 0.899. The van der Waals surface area contributed by atoms with Crippen LogP contribution in [0.2, 0.25) is 0 Å². The SMILES string of the molecule is CC(=O)N1CCc2cc(NCc3cccc(O)c3)ccc21. The molecule has 21 heavy (non-hydrogen) atoms. The van der Waals surface area contributed by atoms with E-state index in [9.17, 15) is 9.90 Å². The minimum atomic E-state index is 0.0919. The molecule has 2 aromatic rings. The van der Waals surface area contributed by atoms with Crippen molar-refractivity contribution in [2.24, 2.45) is 0 Å². The Kier molecular flexibility index (Phi) is 3.52. The third-order valence-corrected chi connectivity index (χ3v) is 3.76. The van der Waals surface area contributed by atoms with E-state index in [0.717, 1.165) is 29.9 Å². The van der Waals surface area contributed by atoms with Crippen LogP contribution in [0.5, 0.6) is 5.75 Å². The van der Waals surface area contributed by atoms with E-state index in [1.807, 2.05) is 29.2 Å². The maximum atomic E-state index is 11.5. The van der Waals surface area contributed by atoms with Crippen molar-refractivity contribution in [3.05, 3.63) is 53.6 Å². The van der Waals surface area contributed by atoms with Gasteiger partial charge in [0.15, 0.2) is 0 Å². The maximum absolute atomic E-state index is 11.5. The van der Waals surface area contributed by atoms with Crippen molar-refractivity contribution in [3.63, 3.8) is 0 Å². The zero-order chi connectivity index (χ0) is 14.8. The van der Waals surface area contributed by atoms with Crippen molar-refractivity contribution >= 4 is 17.3 Å². The second-order valence-electron chi connectivity index (χ2n) is 5.29. The van der Waals surface area contributed by atoms with Crippen molar-refractivity contribution in [3.8, 4) is 5.75 Å². The van der Waals surface area contributed by atoms with Gasteiger partial charge in [0, 0.05) is 31.4 Å². The Morgan fingerprint density at radius 2 is 2.14 bits per heavy atom. The monoisotopic (exact) mass is 282 g/mol. The molecule has 0 atom stereocenters. The molecule has 0 saturated heterocycles. The summed E-state index contributed by atoms with van der Waals surface area (Å²) < 4.78 is 0. The number of nitrogens with zero attached hydrogens (tertiary/aromatic N) is 1. The predicted molar refractivity (Wildman–Crippen MR) is 83.6 cm³/mol. The third kappa shape index (κ3) is 2.84. The topological polar surface area (TPSA) is 52.6 Å². The molecule has 3 rings (SSSR count). The second-order valence-corrected chi connectivity index (χ2v) is 5.29. The highest BCUT2D eigenvalue weighted by atomic mass is 16.3. The first-order chi connectivity index (χ1) is 10.1. The van der Waals surface area contributed by atoms with Gasteiger partial charge in [0.2, 0.25) is 5.91 Å². The first-order valence-electron chi connectivity index (χ1n) is 7.06. The number of hydrogen-bond acceptors (Lipinski definition) is 3. The molecule has 2 aromatic carbocycles. The lowest BCUT2D eigenvalue weighted by Gasteiger charge is -2.15. The van der Waals surface area contributed by atoms with Crippen LogP contribution in [0, 0.1) is 0 Å². The van der Waals surface area contributed by atoms with Gasteiger partial charge >= 0.3 is 0 Å². The summed E-state index contributed by atoms with van der Waals surface area (Å²) in [6, 6.07) is 13.3. The molecular weight excluding hydrogens is 264 g/mol. The van der Waals surface area contributed by atoms with Gasteiger partial charge in [-0.2, -0.15) is 0 Å². The predicted octanol–water partition coefficient (Wildman–Crippen LogP) is 2.91. The summed E-state index contributed by atoms with van der Waals surface area (Å²) >= 11 is 0. The number of phenolic OH excluding ortho intramolecular Hbond substituents is 1. The van der Waals surface area contributed by atoms with Crippen molar-refractivity contribution < 1.29 is 9.90 Å². The number of rotatable bonds is 3. The van der Waals surface area contributed by atoms with Gasteiger partial charge in [-0.1, -0.05) is 12.1 Å². The highest BCUT2D eigenvalue weighted by Gasteiger charge is 2.21. The summed E-state index contributed by atoms with van der Waals surface area (Å²) in [5.41, 5.74) is 4.28. The van der Waals surface area contributed by atoms with Crippen molar-refractivity contribution in [2.45, 2.75) is 19.9 Å². The van der Waals surface area contributed by atoms with E-state index in [0.29, 0.717) is 6.54 Å². The molecule has 2 N–H and O–H groups in total. The highest BCUT2D eigenvalue weighted by Crippen LogP contribution is 2.30. The van der Waals surface area contributed by atoms with E-state index in [1.165, 1.54) is 5.56 Å². The number of aromatic hydroxyl groups is 1. The fraction of sp³-hybridized carbons (Fsp3) is 0.235. The molecule has 0 aromatic heterocycles. The van der Waals surface area contributed by atoms with Gasteiger partial charge in [-0.25, -0.2) is 0 Å². The quantitative estimate of drug-likeness (QED) is 0.910. The number of nitrogens with one attached hydrogen (secondary N) is 1. The van der Waals surface area contributed by atoms with Gasteiger partial charge in [0.25, 0.3) is 0 Å². The molecule has 0 bridgehead atoms. The molecule has 4 heteroatoms. The van der Waals surface area contributed by atoms with Crippen LogP contribution in [0.3, 0.4) is 0 Å². The van der Waals surface area contributed by atoms with E-state index in [-0.39, 0.29) is 11.7 Å². The lowest BCUT2D eigenvalue weighted by Crippen LogP contribution is -2.25. The Labute approximate surface area is 124 Å². The zero-order valence-corrected chi connectivity index (χ0v) is 12.0. The first kappa shape index (κ1) is 13.5. The molecule has 0 radical (unpaired) electrons. The summed E-state index contributed by atoms with van der Waals surface area (Å²) in [5.74, 6) is 0.370. The van der Waals surface area contributed by atoms with Crippen LogP contribution < -0.4 is 10.2 Å². The molecule has 0 saturated carbocycles. The zero-order valence-electron chi connectivity index (χ0n) is 12.0. The number of amides is 1. The highest BCUT2D eigenvalue weighted by molar-refractivity contribution is 5.94. The normalized spacial score (nSPS) is 13.1. The molecule has 0 spiro atoms. The Morgan fingerprint density at radius 1 is 1.29 bits per heavy atom. The van der Waals surface area contributed by atoms with Crippen LogP contribution in [0.1, 0.15) is 18.1 Å². The fourth-order valence-corrected chi connectivity index (χ4v) is 2.71. The largest absolute Gasteiger partial charge is 0.508 e. The van der Waals surface area contributed by atoms with Crippen LogP contribution in [0.15, 0.2) is 42.5 Å². The molecule has 1 heterocycles. The van der Waals surface area contributed by atoms with Gasteiger partial charge in [-0.3, -0.25) is 4.79 Å². The average Bonchev–Trinajstić information content (AvgIpc) is 2.88. The Morgan fingerprint density at radius 3 is 2.90 bits per heavy atom. The minimum Gasteiger partial charge on any atom is -0.508 e. The van der Waals surface area contributed by atoms with Crippen LogP contribution in [-0.4, -0.2) is 17.6 Å². The summed E-state index contributed by atoms with van der Waals surface area (Å²) in [7, 11) is 0. The third-order valence-electron chi connectivity index (χ3n) is 3.76. The van der Waals surface area contributed by atoms with E-state index in [1.54, 1.807) is 19.1 Å². The molecule has 4 nitrogen and oxygen atoms in total.